The Kier molecular flexibility index (Phi) is 23.7. The van der Waals surface area contributed by atoms with Crippen LogP contribution in [0.2, 0.25) is 0 Å². The van der Waals surface area contributed by atoms with E-state index in [9.17, 15) is 0 Å². The molecule has 0 bridgehead atoms. The monoisotopic (exact) mass is 1360 g/mol. The van der Waals surface area contributed by atoms with Crippen LogP contribution in [0, 0.1) is 0 Å². The van der Waals surface area contributed by atoms with Crippen molar-refractivity contribution in [2.45, 2.75) is 78.6 Å². The Morgan fingerprint density at radius 2 is 0.324 bits per heavy atom. The lowest BCUT2D eigenvalue weighted by molar-refractivity contribution is 0.733. The van der Waals surface area contributed by atoms with Crippen LogP contribution < -0.4 is 14.7 Å². The average molecular weight is 1360 g/mol. The molecule has 0 heterocycles. The molecule has 0 saturated carbocycles. The van der Waals surface area contributed by atoms with Gasteiger partial charge in [-0.1, -0.05) is 333 Å². The van der Waals surface area contributed by atoms with Crippen LogP contribution in [0.1, 0.15) is 95.2 Å². The first-order valence-electron chi connectivity index (χ1n) is 37.3. The van der Waals surface area contributed by atoms with Gasteiger partial charge in [0.15, 0.2) is 0 Å². The molecule has 15 rings (SSSR count). The molecule has 15 aromatic rings. The fourth-order valence-corrected chi connectivity index (χ4v) is 13.5. The number of hydrogen-bond acceptors (Lipinski definition) is 3. The molecule has 0 radical (unpaired) electrons. The molecule has 0 saturated heterocycles. The Morgan fingerprint density at radius 3 is 0.571 bits per heavy atom. The zero-order chi connectivity index (χ0) is 72.1. The lowest BCUT2D eigenvalue weighted by Crippen LogP contribution is -2.10. The zero-order valence-corrected chi connectivity index (χ0v) is 61.3. The predicted octanol–water partition coefficient (Wildman–Crippen LogP) is 30.0. The molecule has 0 aliphatic carbocycles. The maximum absolute atomic E-state index is 2.35. The molecule has 3 heteroatoms. The van der Waals surface area contributed by atoms with Crippen LogP contribution in [0.25, 0.3) is 66.8 Å². The molecule has 0 aliphatic heterocycles. The summed E-state index contributed by atoms with van der Waals surface area (Å²) in [6, 6.07) is 144. The van der Waals surface area contributed by atoms with Crippen molar-refractivity contribution in [2.75, 3.05) is 14.7 Å². The van der Waals surface area contributed by atoms with Crippen molar-refractivity contribution in [1.82, 2.24) is 0 Å². The normalized spacial score (nSPS) is 11.7. The quantitative estimate of drug-likeness (QED) is 0.0710. The molecule has 0 aromatic heterocycles. The Hall–Kier alpha value is -12.3. The van der Waals surface area contributed by atoms with Gasteiger partial charge < -0.3 is 14.7 Å². The molecule has 0 fully saturated rings. The second kappa shape index (κ2) is 35.1. The van der Waals surface area contributed by atoms with Crippen molar-refractivity contribution in [3.8, 4) is 66.8 Å². The number of anilines is 9. The van der Waals surface area contributed by atoms with Gasteiger partial charge in [-0.25, -0.2) is 0 Å². The molecule has 3 unspecified atom stereocenters. The highest BCUT2D eigenvalue weighted by Crippen LogP contribution is 2.42. The second-order valence-corrected chi connectivity index (χ2v) is 27.2. The minimum Gasteiger partial charge on any atom is -0.311 e. The third-order valence-corrected chi connectivity index (χ3v) is 20.4. The van der Waals surface area contributed by atoms with Crippen molar-refractivity contribution >= 4 is 51.2 Å². The number of benzene rings is 15. The molecule has 3 nitrogen and oxygen atoms in total. The van der Waals surface area contributed by atoms with Crippen LogP contribution in [0.4, 0.5) is 51.2 Å². The maximum Gasteiger partial charge on any atom is 0.0467 e. The summed E-state index contributed by atoms with van der Waals surface area (Å²) in [4.78, 5) is 7.00. The second-order valence-electron chi connectivity index (χ2n) is 27.2. The lowest BCUT2D eigenvalue weighted by atomic mass is 9.95. The molecule has 0 aliphatic rings. The van der Waals surface area contributed by atoms with E-state index in [1.165, 1.54) is 89.1 Å². The minimum absolute atomic E-state index is 0.563. The molecule has 516 valence electrons. The van der Waals surface area contributed by atoms with Crippen molar-refractivity contribution in [1.29, 1.82) is 0 Å². The summed E-state index contributed by atoms with van der Waals surface area (Å²) >= 11 is 0. The zero-order valence-electron chi connectivity index (χ0n) is 61.3. The summed E-state index contributed by atoms with van der Waals surface area (Å²) in [6.07, 6.45) is 3.45. The molecule has 0 spiro atoms. The number of para-hydroxylation sites is 1. The number of rotatable bonds is 21. The number of nitrogens with zero attached hydrogens (tertiary/aromatic N) is 3. The van der Waals surface area contributed by atoms with Crippen molar-refractivity contribution in [2.24, 2.45) is 0 Å². The maximum atomic E-state index is 2.35. The highest BCUT2D eigenvalue weighted by Gasteiger charge is 2.19. The Labute approximate surface area is 624 Å². The van der Waals surface area contributed by atoms with Gasteiger partial charge in [-0.15, -0.1) is 0 Å². The van der Waals surface area contributed by atoms with Crippen LogP contribution in [0.5, 0.6) is 0 Å². The Balaban J connectivity index is 0.000000142. The van der Waals surface area contributed by atoms with Gasteiger partial charge in [-0.3, -0.25) is 0 Å². The van der Waals surface area contributed by atoms with Gasteiger partial charge in [0.2, 0.25) is 0 Å². The minimum atomic E-state index is 0.563. The van der Waals surface area contributed by atoms with E-state index >= 15 is 0 Å². The number of hydrogen-bond donors (Lipinski definition) is 0. The van der Waals surface area contributed by atoms with E-state index in [-0.39, 0.29) is 0 Å². The van der Waals surface area contributed by atoms with Gasteiger partial charge in [0.05, 0.1) is 0 Å². The highest BCUT2D eigenvalue weighted by atomic mass is 15.2. The summed E-state index contributed by atoms with van der Waals surface area (Å²) in [5, 5.41) is 0. The third-order valence-electron chi connectivity index (χ3n) is 20.4. The Bertz CT molecular complexity index is 4910. The first-order valence-corrected chi connectivity index (χ1v) is 37.3. The van der Waals surface area contributed by atoms with Gasteiger partial charge in [-0.2, -0.15) is 0 Å². The van der Waals surface area contributed by atoms with Crippen molar-refractivity contribution in [3.63, 3.8) is 0 Å². The fourth-order valence-electron chi connectivity index (χ4n) is 13.5. The summed E-state index contributed by atoms with van der Waals surface area (Å²) in [5.41, 5.74) is 29.2. The van der Waals surface area contributed by atoms with Gasteiger partial charge >= 0.3 is 0 Å². The van der Waals surface area contributed by atoms with Gasteiger partial charge in [0.1, 0.15) is 0 Å². The van der Waals surface area contributed by atoms with E-state index in [1.807, 2.05) is 0 Å². The predicted molar refractivity (Wildman–Crippen MR) is 452 cm³/mol. The molecule has 3 atom stereocenters. The molecule has 15 aromatic carbocycles. The topological polar surface area (TPSA) is 9.72 Å². The SMILES string of the molecule is CCC(C)c1ccc(-c2cccc(N(c3ccc(-c4ccccc4)cc3)c3ccc(-c4ccccc4)cc3)c2)cc1.CCC(C)c1ccc(N(c2ccc(-c3ccccc3)cc2)c2ccc(-c3ccccc3)cc2)cc1.CCC(C)c1ccc(N(c2ccccc2)c2ccc(-c3ccccc3)cc2)cc1. The van der Waals surface area contributed by atoms with Crippen LogP contribution in [-0.2, 0) is 0 Å². The summed E-state index contributed by atoms with van der Waals surface area (Å²) < 4.78 is 0. The fraction of sp³-hybridized carbons (Fsp3) is 0.118. The third kappa shape index (κ3) is 17.8. The largest absolute Gasteiger partial charge is 0.311 e. The van der Waals surface area contributed by atoms with E-state index in [1.54, 1.807) is 0 Å². The van der Waals surface area contributed by atoms with Crippen LogP contribution in [0.15, 0.2) is 400 Å². The van der Waals surface area contributed by atoms with E-state index in [4.69, 9.17) is 0 Å². The smallest absolute Gasteiger partial charge is 0.0467 e. The first-order chi connectivity index (χ1) is 51.7. The van der Waals surface area contributed by atoms with Gasteiger partial charge in [0.25, 0.3) is 0 Å². The molecule has 0 N–H and O–H groups in total. The lowest BCUT2D eigenvalue weighted by Gasteiger charge is -2.26. The summed E-state index contributed by atoms with van der Waals surface area (Å²) in [6.45, 7) is 13.6. The van der Waals surface area contributed by atoms with Crippen molar-refractivity contribution < 1.29 is 0 Å². The first kappa shape index (κ1) is 71.1. The van der Waals surface area contributed by atoms with E-state index in [0.717, 1.165) is 64.8 Å². The van der Waals surface area contributed by atoms with Crippen LogP contribution in [0.3, 0.4) is 0 Å². The van der Waals surface area contributed by atoms with Gasteiger partial charge in [-0.05, 0) is 230 Å². The van der Waals surface area contributed by atoms with E-state index < -0.39 is 0 Å². The molecule has 105 heavy (non-hydrogen) atoms. The average Bonchev–Trinajstić information content (AvgIpc) is 0.801. The standard InChI is InChI=1S/C40H35N.C34H31N.C28H27N/c1-3-30(2)31-17-19-36(20-18-31)37-15-10-16-40(29-37)41(38-25-21-34(22-26-38)32-11-6-4-7-12-32)39-27-23-35(24-28-39)33-13-8-5-9-14-33;1-3-26(2)27-14-20-32(21-15-27)35(33-22-16-30(17-23-33)28-10-6-4-7-11-28)34-24-18-31(19-25-34)29-12-8-5-9-13-29;1-3-22(2)23-14-18-27(19-15-23)29(26-12-8-5-9-13-26)28-20-16-25(17-21-28)24-10-6-4-7-11-24/h4-30H,3H2,1-2H3;4-26H,3H2,1-2H3;4-22H,3H2,1-2H3. The van der Waals surface area contributed by atoms with E-state index in [0.29, 0.717) is 17.8 Å². The van der Waals surface area contributed by atoms with E-state index in [2.05, 4.69) is 457 Å². The van der Waals surface area contributed by atoms with Gasteiger partial charge in [0, 0.05) is 51.2 Å². The summed E-state index contributed by atoms with van der Waals surface area (Å²) in [7, 11) is 0. The molecular weight excluding hydrogens is 1270 g/mol. The van der Waals surface area contributed by atoms with Crippen molar-refractivity contribution in [3.05, 3.63) is 417 Å². The van der Waals surface area contributed by atoms with Crippen LogP contribution >= 0.6 is 0 Å². The molecular formula is C102H93N3. The highest BCUT2D eigenvalue weighted by molar-refractivity contribution is 5.84. The Morgan fingerprint density at radius 1 is 0.162 bits per heavy atom. The van der Waals surface area contributed by atoms with Crippen LogP contribution in [-0.4, -0.2) is 0 Å². The summed E-state index contributed by atoms with van der Waals surface area (Å²) in [5.74, 6) is 1.72. The molecule has 0 amide bonds.